The molecule has 1 spiro atoms. The molecule has 5 nitrogen and oxygen atoms in total. The van der Waals surface area contributed by atoms with Crippen molar-refractivity contribution in [3.05, 3.63) is 29.8 Å². The van der Waals surface area contributed by atoms with Crippen LogP contribution in [-0.2, 0) is 11.3 Å². The third-order valence-corrected chi connectivity index (χ3v) is 5.43. The topological polar surface area (TPSA) is 45.2 Å². The zero-order valence-electron chi connectivity index (χ0n) is 15.6. The number of ether oxygens (including phenoxy) is 2. The zero-order valence-corrected chi connectivity index (χ0v) is 15.6. The maximum Gasteiger partial charge on any atom is 0.119 e. The van der Waals surface area contributed by atoms with Crippen molar-refractivity contribution in [1.82, 2.24) is 9.80 Å². The Morgan fingerprint density at radius 2 is 2.12 bits per heavy atom. The van der Waals surface area contributed by atoms with Gasteiger partial charge < -0.3 is 19.5 Å². The van der Waals surface area contributed by atoms with E-state index in [0.29, 0.717) is 6.61 Å². The molecule has 0 unspecified atom stereocenters. The molecule has 5 heteroatoms. The Bertz CT molecular complexity index is 541. The van der Waals surface area contributed by atoms with Crippen LogP contribution in [-0.4, -0.2) is 73.6 Å². The molecule has 0 aromatic heterocycles. The highest BCUT2D eigenvalue weighted by molar-refractivity contribution is 5.28. The van der Waals surface area contributed by atoms with Gasteiger partial charge in [-0.15, -0.1) is 0 Å². The number of nitrogens with zero attached hydrogens (tertiary/aromatic N) is 2. The fraction of sp³-hybridized carbons (Fsp3) is 0.700. The van der Waals surface area contributed by atoms with Crippen molar-refractivity contribution < 1.29 is 14.6 Å². The zero-order chi connectivity index (χ0) is 17.7. The van der Waals surface area contributed by atoms with E-state index in [4.69, 9.17) is 9.47 Å². The Kier molecular flexibility index (Phi) is 6.34. The highest BCUT2D eigenvalue weighted by Gasteiger charge is 2.43. The van der Waals surface area contributed by atoms with Crippen molar-refractivity contribution in [1.29, 1.82) is 0 Å². The summed E-state index contributed by atoms with van der Waals surface area (Å²) in [5.74, 6) is 0.943. The van der Waals surface area contributed by atoms with E-state index >= 15 is 0 Å². The van der Waals surface area contributed by atoms with Crippen molar-refractivity contribution in [3.8, 4) is 5.75 Å². The molecule has 0 bridgehead atoms. The smallest absolute Gasteiger partial charge is 0.119 e. The summed E-state index contributed by atoms with van der Waals surface area (Å²) < 4.78 is 11.8. The summed E-state index contributed by atoms with van der Waals surface area (Å²) in [5, 5.41) is 10.4. The van der Waals surface area contributed by atoms with Crippen LogP contribution in [0.1, 0.15) is 31.2 Å². The highest BCUT2D eigenvalue weighted by Crippen LogP contribution is 2.35. The van der Waals surface area contributed by atoms with Gasteiger partial charge in [-0.2, -0.15) is 0 Å². The molecular formula is C20H32N2O3. The van der Waals surface area contributed by atoms with Gasteiger partial charge in [-0.1, -0.05) is 12.1 Å². The number of hydrogen-bond acceptors (Lipinski definition) is 5. The van der Waals surface area contributed by atoms with Crippen LogP contribution in [0.15, 0.2) is 24.3 Å². The van der Waals surface area contributed by atoms with E-state index in [2.05, 4.69) is 42.1 Å². The normalized spacial score (nSPS) is 23.9. The molecule has 1 aromatic rings. The second kappa shape index (κ2) is 8.49. The molecular weight excluding hydrogens is 316 g/mol. The molecule has 1 N–H and O–H groups in total. The summed E-state index contributed by atoms with van der Waals surface area (Å²) in [7, 11) is 4.10. The van der Waals surface area contributed by atoms with Gasteiger partial charge in [0.1, 0.15) is 12.4 Å². The molecule has 0 aliphatic carbocycles. The van der Waals surface area contributed by atoms with Gasteiger partial charge in [-0.05, 0) is 57.5 Å². The molecule has 0 radical (unpaired) electrons. The molecule has 2 heterocycles. The maximum absolute atomic E-state index is 10.4. The molecule has 2 saturated heterocycles. The number of aliphatic hydroxyl groups is 1. The number of benzene rings is 1. The van der Waals surface area contributed by atoms with E-state index in [9.17, 15) is 5.11 Å². The monoisotopic (exact) mass is 348 g/mol. The van der Waals surface area contributed by atoms with Gasteiger partial charge in [0.2, 0.25) is 0 Å². The van der Waals surface area contributed by atoms with Gasteiger partial charge in [-0.25, -0.2) is 0 Å². The lowest BCUT2D eigenvalue weighted by Crippen LogP contribution is -2.55. The lowest BCUT2D eigenvalue weighted by atomic mass is 9.82. The van der Waals surface area contributed by atoms with Gasteiger partial charge in [0.15, 0.2) is 0 Å². The first kappa shape index (κ1) is 18.6. The lowest BCUT2D eigenvalue weighted by Gasteiger charge is -2.46. The molecule has 1 atom stereocenters. The van der Waals surface area contributed by atoms with Crippen molar-refractivity contribution >= 4 is 0 Å². The van der Waals surface area contributed by atoms with E-state index in [1.807, 2.05) is 6.07 Å². The van der Waals surface area contributed by atoms with Crippen LogP contribution in [0.3, 0.4) is 0 Å². The predicted molar refractivity (Wildman–Crippen MR) is 98.9 cm³/mol. The second-order valence-electron chi connectivity index (χ2n) is 7.65. The van der Waals surface area contributed by atoms with Gasteiger partial charge in [0, 0.05) is 32.8 Å². The van der Waals surface area contributed by atoms with Crippen LogP contribution in [0.4, 0.5) is 0 Å². The standard InChI is InChI=1S/C20H32N2O3/c1-21(2)12-14-24-18-6-3-5-17(15-18)16-22-10-8-20(9-11-22)19(23)7-4-13-25-20/h3,5-6,15,19,23H,4,7-14,16H2,1-2H3/t19-/m0/s1. The maximum atomic E-state index is 10.4. The van der Waals surface area contributed by atoms with Crippen molar-refractivity contribution in [2.24, 2.45) is 0 Å². The Balaban J connectivity index is 1.50. The number of aliphatic hydroxyl groups excluding tert-OH is 1. The fourth-order valence-electron chi connectivity index (χ4n) is 3.82. The van der Waals surface area contributed by atoms with Gasteiger partial charge in [-0.3, -0.25) is 4.90 Å². The molecule has 2 aliphatic heterocycles. The fourth-order valence-corrected chi connectivity index (χ4v) is 3.82. The summed E-state index contributed by atoms with van der Waals surface area (Å²) >= 11 is 0. The van der Waals surface area contributed by atoms with Gasteiger partial charge in [0.05, 0.1) is 11.7 Å². The third kappa shape index (κ3) is 4.94. The molecule has 3 rings (SSSR count). The summed E-state index contributed by atoms with van der Waals surface area (Å²) in [5.41, 5.74) is 0.995. The lowest BCUT2D eigenvalue weighted by molar-refractivity contribution is -0.177. The van der Waals surface area contributed by atoms with Crippen molar-refractivity contribution in [3.63, 3.8) is 0 Å². The van der Waals surface area contributed by atoms with Crippen LogP contribution in [0.25, 0.3) is 0 Å². The summed E-state index contributed by atoms with van der Waals surface area (Å²) in [4.78, 5) is 4.57. The summed E-state index contributed by atoms with van der Waals surface area (Å²) in [6.45, 7) is 5.30. The largest absolute Gasteiger partial charge is 0.492 e. The second-order valence-corrected chi connectivity index (χ2v) is 7.65. The minimum Gasteiger partial charge on any atom is -0.492 e. The predicted octanol–water partition coefficient (Wildman–Crippen LogP) is 2.13. The number of rotatable bonds is 6. The summed E-state index contributed by atoms with van der Waals surface area (Å²) in [6.07, 6.45) is 3.41. The van der Waals surface area contributed by atoms with E-state index in [1.165, 1.54) is 5.56 Å². The van der Waals surface area contributed by atoms with Gasteiger partial charge >= 0.3 is 0 Å². The van der Waals surface area contributed by atoms with Crippen LogP contribution >= 0.6 is 0 Å². The van der Waals surface area contributed by atoms with Crippen molar-refractivity contribution in [2.45, 2.75) is 43.9 Å². The molecule has 0 saturated carbocycles. The van der Waals surface area contributed by atoms with Crippen LogP contribution < -0.4 is 4.74 Å². The first-order valence-corrected chi connectivity index (χ1v) is 9.48. The average Bonchev–Trinajstić information content (AvgIpc) is 2.60. The molecule has 140 valence electrons. The molecule has 2 fully saturated rings. The first-order chi connectivity index (χ1) is 12.1. The number of likely N-dealkylation sites (tertiary alicyclic amines) is 1. The molecule has 25 heavy (non-hydrogen) atoms. The van der Waals surface area contributed by atoms with Gasteiger partial charge in [0.25, 0.3) is 0 Å². The van der Waals surface area contributed by atoms with E-state index < -0.39 is 0 Å². The number of likely N-dealkylation sites (N-methyl/N-ethyl adjacent to an activating group) is 1. The average molecular weight is 348 g/mol. The first-order valence-electron chi connectivity index (χ1n) is 9.48. The molecule has 0 amide bonds. The van der Waals surface area contributed by atoms with Crippen LogP contribution in [0.5, 0.6) is 5.75 Å². The minimum atomic E-state index is -0.295. The Morgan fingerprint density at radius 3 is 2.84 bits per heavy atom. The van der Waals surface area contributed by atoms with Crippen LogP contribution in [0.2, 0.25) is 0 Å². The number of piperidine rings is 1. The Morgan fingerprint density at radius 1 is 1.32 bits per heavy atom. The molecule has 2 aliphatic rings. The quantitative estimate of drug-likeness (QED) is 0.853. The SMILES string of the molecule is CN(C)CCOc1cccc(CN2CCC3(CC2)OCCC[C@@H]3O)c1. The van der Waals surface area contributed by atoms with Crippen molar-refractivity contribution in [2.75, 3.05) is 46.9 Å². The minimum absolute atomic E-state index is 0.286. The highest BCUT2D eigenvalue weighted by atomic mass is 16.5. The number of hydrogen-bond donors (Lipinski definition) is 1. The summed E-state index contributed by atoms with van der Waals surface area (Å²) in [6, 6.07) is 8.40. The van der Waals surface area contributed by atoms with Crippen LogP contribution in [0, 0.1) is 0 Å². The van der Waals surface area contributed by atoms with E-state index in [-0.39, 0.29) is 11.7 Å². The Hall–Kier alpha value is -1.14. The molecule has 1 aromatic carbocycles. The Labute approximate surface area is 151 Å². The third-order valence-electron chi connectivity index (χ3n) is 5.43. The van der Waals surface area contributed by atoms with E-state index in [0.717, 1.165) is 64.2 Å². The van der Waals surface area contributed by atoms with E-state index in [1.54, 1.807) is 0 Å².